The number of halogens is 3. The maximum atomic E-state index is 13.6. The summed E-state index contributed by atoms with van der Waals surface area (Å²) in [5.41, 5.74) is 0.132. The van der Waals surface area contributed by atoms with Crippen molar-refractivity contribution in [3.05, 3.63) is 71.0 Å². The van der Waals surface area contributed by atoms with Gasteiger partial charge in [0.05, 0.1) is 0 Å². The Balaban J connectivity index is 1.86. The molecular formula is C17H16F3NO4. The van der Waals surface area contributed by atoms with E-state index in [0.29, 0.717) is 6.07 Å². The summed E-state index contributed by atoms with van der Waals surface area (Å²) in [4.78, 5) is 11.5. The topological polar surface area (TPSA) is 78.8 Å². The molecule has 1 amide bonds. The smallest absolute Gasteiger partial charge is 0.407 e. The molecule has 0 spiro atoms. The summed E-state index contributed by atoms with van der Waals surface area (Å²) in [7, 11) is 0. The van der Waals surface area contributed by atoms with Crippen LogP contribution in [0.15, 0.2) is 42.5 Å². The van der Waals surface area contributed by atoms with Gasteiger partial charge < -0.3 is 20.3 Å². The molecule has 2 aromatic carbocycles. The molecule has 134 valence electrons. The van der Waals surface area contributed by atoms with Crippen LogP contribution in [0.5, 0.6) is 0 Å². The van der Waals surface area contributed by atoms with Crippen LogP contribution < -0.4 is 5.32 Å². The Bertz CT molecular complexity index is 727. The molecule has 2 atom stereocenters. The zero-order chi connectivity index (χ0) is 18.4. The highest BCUT2D eigenvalue weighted by Gasteiger charge is 2.24. The van der Waals surface area contributed by atoms with Crippen LogP contribution in [0.4, 0.5) is 18.0 Å². The molecule has 2 rings (SSSR count). The number of hydrogen-bond acceptors (Lipinski definition) is 4. The summed E-state index contributed by atoms with van der Waals surface area (Å²) >= 11 is 0. The average Bonchev–Trinajstić information content (AvgIpc) is 2.61. The summed E-state index contributed by atoms with van der Waals surface area (Å²) in [5.74, 6) is -3.99. The first kappa shape index (κ1) is 18.8. The SMILES string of the molecule is O=C(NCC(O)C(O)c1cc(F)c(F)cc1F)OCc1ccccc1. The lowest BCUT2D eigenvalue weighted by molar-refractivity contribution is 0.0161. The van der Waals surface area contributed by atoms with Crippen molar-refractivity contribution >= 4 is 6.09 Å². The van der Waals surface area contributed by atoms with Crippen LogP contribution in [0, 0.1) is 17.5 Å². The van der Waals surface area contributed by atoms with Gasteiger partial charge in [-0.05, 0) is 11.6 Å². The molecule has 5 nitrogen and oxygen atoms in total. The fourth-order valence-corrected chi connectivity index (χ4v) is 2.05. The Morgan fingerprint density at radius 2 is 1.68 bits per heavy atom. The van der Waals surface area contributed by atoms with E-state index in [1.807, 2.05) is 0 Å². The minimum absolute atomic E-state index is 0.00310. The third-order valence-electron chi connectivity index (χ3n) is 3.39. The summed E-state index contributed by atoms with van der Waals surface area (Å²) in [6.07, 6.45) is -4.37. The monoisotopic (exact) mass is 355 g/mol. The molecule has 0 fully saturated rings. The van der Waals surface area contributed by atoms with E-state index in [9.17, 15) is 28.2 Å². The van der Waals surface area contributed by atoms with Crippen molar-refractivity contribution in [2.24, 2.45) is 0 Å². The molecule has 0 saturated carbocycles. The Kier molecular flexibility index (Phi) is 6.37. The zero-order valence-electron chi connectivity index (χ0n) is 13.0. The highest BCUT2D eigenvalue weighted by Crippen LogP contribution is 2.22. The molecule has 2 unspecified atom stereocenters. The fourth-order valence-electron chi connectivity index (χ4n) is 2.05. The van der Waals surface area contributed by atoms with Crippen LogP contribution in [-0.2, 0) is 11.3 Å². The number of hydrogen-bond donors (Lipinski definition) is 3. The number of alkyl carbamates (subject to hydrolysis) is 1. The van der Waals surface area contributed by atoms with Crippen molar-refractivity contribution < 1.29 is 32.9 Å². The first-order chi connectivity index (χ1) is 11.9. The highest BCUT2D eigenvalue weighted by atomic mass is 19.2. The van der Waals surface area contributed by atoms with Crippen molar-refractivity contribution in [3.8, 4) is 0 Å². The lowest BCUT2D eigenvalue weighted by Crippen LogP contribution is -2.36. The Morgan fingerprint density at radius 3 is 2.36 bits per heavy atom. The number of rotatable bonds is 6. The van der Waals surface area contributed by atoms with Gasteiger partial charge >= 0.3 is 6.09 Å². The van der Waals surface area contributed by atoms with Crippen molar-refractivity contribution in [1.82, 2.24) is 5.32 Å². The summed E-state index contributed by atoms with van der Waals surface area (Å²) in [6.45, 7) is -0.476. The van der Waals surface area contributed by atoms with Gasteiger partial charge in [0.1, 0.15) is 24.6 Å². The molecule has 25 heavy (non-hydrogen) atoms. The van der Waals surface area contributed by atoms with Gasteiger partial charge in [0.2, 0.25) is 0 Å². The lowest BCUT2D eigenvalue weighted by atomic mass is 10.0. The van der Waals surface area contributed by atoms with Gasteiger partial charge in [0.15, 0.2) is 11.6 Å². The van der Waals surface area contributed by atoms with E-state index in [-0.39, 0.29) is 12.7 Å². The van der Waals surface area contributed by atoms with Crippen LogP contribution in [0.3, 0.4) is 0 Å². The van der Waals surface area contributed by atoms with Crippen molar-refractivity contribution in [2.45, 2.75) is 18.8 Å². The first-order valence-electron chi connectivity index (χ1n) is 7.33. The van der Waals surface area contributed by atoms with E-state index < -0.39 is 47.9 Å². The summed E-state index contributed by atoms with van der Waals surface area (Å²) in [6, 6.07) is 9.56. The minimum Gasteiger partial charge on any atom is -0.445 e. The maximum absolute atomic E-state index is 13.6. The average molecular weight is 355 g/mol. The Hall–Kier alpha value is -2.58. The van der Waals surface area contributed by atoms with Crippen molar-refractivity contribution in [2.75, 3.05) is 6.54 Å². The molecule has 8 heteroatoms. The van der Waals surface area contributed by atoms with E-state index in [1.54, 1.807) is 30.3 Å². The molecule has 3 N–H and O–H groups in total. The van der Waals surface area contributed by atoms with Crippen molar-refractivity contribution in [1.29, 1.82) is 0 Å². The molecule has 0 aliphatic carbocycles. The Labute approximate surface area is 141 Å². The normalized spacial score (nSPS) is 13.2. The van der Waals surface area contributed by atoms with Gasteiger partial charge in [-0.3, -0.25) is 0 Å². The number of carbonyl (C=O) groups is 1. The summed E-state index contributed by atoms with van der Waals surface area (Å²) < 4.78 is 44.5. The van der Waals surface area contributed by atoms with Gasteiger partial charge in [0.25, 0.3) is 0 Å². The third-order valence-corrected chi connectivity index (χ3v) is 3.39. The van der Waals surface area contributed by atoms with Crippen LogP contribution in [-0.4, -0.2) is 29.0 Å². The number of amides is 1. The predicted molar refractivity (Wildman–Crippen MR) is 81.9 cm³/mol. The fraction of sp³-hybridized carbons (Fsp3) is 0.235. The first-order valence-corrected chi connectivity index (χ1v) is 7.33. The second-order valence-corrected chi connectivity index (χ2v) is 5.24. The Morgan fingerprint density at radius 1 is 1.04 bits per heavy atom. The molecule has 0 heterocycles. The number of benzene rings is 2. The molecule has 0 aliphatic heterocycles. The number of aliphatic hydroxyl groups is 2. The van der Waals surface area contributed by atoms with Crippen LogP contribution >= 0.6 is 0 Å². The van der Waals surface area contributed by atoms with Gasteiger partial charge in [-0.15, -0.1) is 0 Å². The number of ether oxygens (including phenoxy) is 1. The minimum atomic E-state index is -1.86. The second kappa shape index (κ2) is 8.50. The number of nitrogens with one attached hydrogen (secondary N) is 1. The molecule has 0 bridgehead atoms. The third kappa shape index (κ3) is 5.20. The zero-order valence-corrected chi connectivity index (χ0v) is 13.0. The van der Waals surface area contributed by atoms with E-state index in [1.165, 1.54) is 0 Å². The van der Waals surface area contributed by atoms with Gasteiger partial charge in [0, 0.05) is 18.2 Å². The quantitative estimate of drug-likeness (QED) is 0.696. The second-order valence-electron chi connectivity index (χ2n) is 5.24. The number of carbonyl (C=O) groups excluding carboxylic acids is 1. The van der Waals surface area contributed by atoms with E-state index in [0.717, 1.165) is 5.56 Å². The van der Waals surface area contributed by atoms with E-state index in [2.05, 4.69) is 5.32 Å². The molecule has 0 aromatic heterocycles. The van der Waals surface area contributed by atoms with Crippen molar-refractivity contribution in [3.63, 3.8) is 0 Å². The maximum Gasteiger partial charge on any atom is 0.407 e. The molecule has 2 aromatic rings. The van der Waals surface area contributed by atoms with Gasteiger partial charge in [-0.25, -0.2) is 18.0 Å². The summed E-state index contributed by atoms with van der Waals surface area (Å²) in [5, 5.41) is 21.8. The predicted octanol–water partition coefficient (Wildman–Crippen LogP) is 2.42. The number of aliphatic hydroxyl groups excluding tert-OH is 2. The van der Waals surface area contributed by atoms with Crippen LogP contribution in [0.2, 0.25) is 0 Å². The van der Waals surface area contributed by atoms with E-state index in [4.69, 9.17) is 4.74 Å². The van der Waals surface area contributed by atoms with Gasteiger partial charge in [-0.2, -0.15) is 0 Å². The molecule has 0 aliphatic rings. The lowest BCUT2D eigenvalue weighted by Gasteiger charge is -2.19. The van der Waals surface area contributed by atoms with Crippen LogP contribution in [0.25, 0.3) is 0 Å². The van der Waals surface area contributed by atoms with E-state index >= 15 is 0 Å². The standard InChI is InChI=1S/C17H16F3NO4/c18-12-7-14(20)13(19)6-11(12)16(23)15(22)8-21-17(24)25-9-10-4-2-1-3-5-10/h1-7,15-16,22-23H,8-9H2,(H,21,24). The van der Waals surface area contributed by atoms with Gasteiger partial charge in [-0.1, -0.05) is 30.3 Å². The molecule has 0 saturated heterocycles. The molecule has 0 radical (unpaired) electrons. The molecular weight excluding hydrogens is 339 g/mol. The van der Waals surface area contributed by atoms with Crippen LogP contribution in [0.1, 0.15) is 17.2 Å². The largest absolute Gasteiger partial charge is 0.445 e. The highest BCUT2D eigenvalue weighted by molar-refractivity contribution is 5.67.